The highest BCUT2D eigenvalue weighted by Gasteiger charge is 2.31. The highest BCUT2D eigenvalue weighted by Crippen LogP contribution is 2.32. The minimum atomic E-state index is -0.0893. The van der Waals surface area contributed by atoms with E-state index in [2.05, 4.69) is 5.32 Å². The van der Waals surface area contributed by atoms with Crippen molar-refractivity contribution >= 4 is 11.6 Å². The molecule has 0 radical (unpaired) electrons. The summed E-state index contributed by atoms with van der Waals surface area (Å²) in [7, 11) is 0. The quantitative estimate of drug-likeness (QED) is 0.889. The van der Waals surface area contributed by atoms with E-state index in [1.54, 1.807) is 0 Å². The fourth-order valence-electron chi connectivity index (χ4n) is 2.52. The molecule has 3 nitrogen and oxygen atoms in total. The van der Waals surface area contributed by atoms with Crippen LogP contribution in [-0.4, -0.2) is 17.4 Å². The minimum Gasteiger partial charge on any atom is -0.361 e. The fraction of sp³-hybridized carbons (Fsp3) is 0.188. The summed E-state index contributed by atoms with van der Waals surface area (Å²) < 4.78 is 0. The molecule has 0 spiro atoms. The van der Waals surface area contributed by atoms with Crippen LogP contribution in [0, 0.1) is 0 Å². The molecule has 0 saturated carbocycles. The molecule has 19 heavy (non-hydrogen) atoms. The first kappa shape index (κ1) is 11.8. The monoisotopic (exact) mass is 252 g/mol. The topological polar surface area (TPSA) is 32.3 Å². The first-order chi connectivity index (χ1) is 9.31. The Morgan fingerprint density at radius 3 is 2.47 bits per heavy atom. The Morgan fingerprint density at radius 1 is 1.05 bits per heavy atom. The van der Waals surface area contributed by atoms with Crippen molar-refractivity contribution in [3.05, 3.63) is 65.7 Å². The number of para-hydroxylation sites is 1. The third kappa shape index (κ3) is 1.97. The second-order valence-corrected chi connectivity index (χ2v) is 4.59. The van der Waals surface area contributed by atoms with Gasteiger partial charge in [-0.1, -0.05) is 42.5 Å². The van der Waals surface area contributed by atoms with Crippen molar-refractivity contribution in [2.75, 3.05) is 11.9 Å². The van der Waals surface area contributed by atoms with Gasteiger partial charge in [0.1, 0.15) is 6.17 Å². The molecule has 1 N–H and O–H groups in total. The van der Waals surface area contributed by atoms with Gasteiger partial charge in [-0.15, -0.1) is 0 Å². The van der Waals surface area contributed by atoms with Gasteiger partial charge in [-0.05, 0) is 24.6 Å². The van der Waals surface area contributed by atoms with Crippen LogP contribution in [0.15, 0.2) is 54.6 Å². The highest BCUT2D eigenvalue weighted by atomic mass is 16.2. The molecule has 3 rings (SSSR count). The fourth-order valence-corrected chi connectivity index (χ4v) is 2.52. The van der Waals surface area contributed by atoms with Gasteiger partial charge < -0.3 is 10.2 Å². The average molecular weight is 252 g/mol. The third-order valence-electron chi connectivity index (χ3n) is 3.48. The van der Waals surface area contributed by atoms with Gasteiger partial charge >= 0.3 is 0 Å². The number of carbonyl (C=O) groups excluding carboxylic acids is 1. The van der Waals surface area contributed by atoms with Gasteiger partial charge in [0.15, 0.2) is 0 Å². The zero-order chi connectivity index (χ0) is 13.2. The number of rotatable bonds is 2. The molecule has 3 heteroatoms. The average Bonchev–Trinajstić information content (AvgIpc) is 2.48. The van der Waals surface area contributed by atoms with E-state index in [0.29, 0.717) is 6.54 Å². The number of fused-ring (bicyclic) bond motifs is 1. The van der Waals surface area contributed by atoms with Crippen molar-refractivity contribution in [1.82, 2.24) is 4.90 Å². The minimum absolute atomic E-state index is 0.0886. The van der Waals surface area contributed by atoms with Gasteiger partial charge in [0, 0.05) is 12.2 Å². The summed E-state index contributed by atoms with van der Waals surface area (Å²) in [6.45, 7) is 2.68. The molecular formula is C16H16N2O. The van der Waals surface area contributed by atoms with Crippen LogP contribution in [-0.2, 0) is 0 Å². The molecule has 0 unspecified atom stereocenters. The number of carbonyl (C=O) groups is 1. The number of hydrogen-bond acceptors (Lipinski definition) is 2. The number of nitrogens with zero attached hydrogens (tertiary/aromatic N) is 1. The zero-order valence-electron chi connectivity index (χ0n) is 10.8. The van der Waals surface area contributed by atoms with E-state index < -0.39 is 0 Å². The number of hydrogen-bond donors (Lipinski definition) is 1. The van der Waals surface area contributed by atoms with Crippen molar-refractivity contribution in [1.29, 1.82) is 0 Å². The number of nitrogens with one attached hydrogen (secondary N) is 1. The molecule has 1 amide bonds. The molecule has 1 heterocycles. The van der Waals surface area contributed by atoms with E-state index in [0.717, 1.165) is 16.8 Å². The van der Waals surface area contributed by atoms with Crippen LogP contribution >= 0.6 is 0 Å². The van der Waals surface area contributed by atoms with Crippen molar-refractivity contribution in [2.45, 2.75) is 13.1 Å². The Labute approximate surface area is 112 Å². The summed E-state index contributed by atoms with van der Waals surface area (Å²) >= 11 is 0. The van der Waals surface area contributed by atoms with Crippen molar-refractivity contribution in [3.8, 4) is 0 Å². The van der Waals surface area contributed by atoms with Crippen LogP contribution < -0.4 is 5.32 Å². The largest absolute Gasteiger partial charge is 0.361 e. The standard InChI is InChI=1S/C16H16N2O/c1-2-18-15(12-8-4-3-5-9-12)17-14-11-7-6-10-13(14)16(18)19/h3-11,15,17H,2H2,1H3/t15-/m1/s1. The summed E-state index contributed by atoms with van der Waals surface area (Å²) in [5.41, 5.74) is 2.76. The number of anilines is 1. The molecule has 1 atom stereocenters. The molecule has 0 aliphatic carbocycles. The summed E-state index contributed by atoms with van der Waals surface area (Å²) in [6.07, 6.45) is -0.0893. The number of benzene rings is 2. The van der Waals surface area contributed by atoms with Crippen LogP contribution in [0.5, 0.6) is 0 Å². The van der Waals surface area contributed by atoms with Gasteiger partial charge in [-0.3, -0.25) is 4.79 Å². The molecule has 96 valence electrons. The Bertz CT molecular complexity index is 595. The van der Waals surface area contributed by atoms with E-state index in [1.165, 1.54) is 0 Å². The Kier molecular flexibility index (Phi) is 2.95. The molecule has 0 bridgehead atoms. The summed E-state index contributed by atoms with van der Waals surface area (Å²) in [6, 6.07) is 17.7. The van der Waals surface area contributed by atoms with E-state index >= 15 is 0 Å². The maximum atomic E-state index is 12.5. The van der Waals surface area contributed by atoms with Gasteiger partial charge in [0.05, 0.1) is 5.56 Å². The summed E-state index contributed by atoms with van der Waals surface area (Å²) in [5, 5.41) is 3.45. The van der Waals surface area contributed by atoms with Crippen LogP contribution in [0.3, 0.4) is 0 Å². The maximum absolute atomic E-state index is 12.5. The smallest absolute Gasteiger partial charge is 0.257 e. The zero-order valence-corrected chi connectivity index (χ0v) is 10.8. The second kappa shape index (κ2) is 4.76. The Balaban J connectivity index is 2.05. The molecular weight excluding hydrogens is 236 g/mol. The third-order valence-corrected chi connectivity index (χ3v) is 3.48. The lowest BCUT2D eigenvalue weighted by molar-refractivity contribution is 0.0695. The van der Waals surface area contributed by atoms with Crippen LogP contribution in [0.4, 0.5) is 5.69 Å². The van der Waals surface area contributed by atoms with Crippen LogP contribution in [0.1, 0.15) is 29.0 Å². The highest BCUT2D eigenvalue weighted by molar-refractivity contribution is 6.01. The summed E-state index contributed by atoms with van der Waals surface area (Å²) in [4.78, 5) is 14.4. The van der Waals surface area contributed by atoms with E-state index in [9.17, 15) is 4.79 Å². The lowest BCUT2D eigenvalue weighted by Gasteiger charge is -2.37. The van der Waals surface area contributed by atoms with Gasteiger partial charge in [0.2, 0.25) is 0 Å². The maximum Gasteiger partial charge on any atom is 0.257 e. The molecule has 1 aliphatic rings. The lowest BCUT2D eigenvalue weighted by atomic mass is 10.0. The van der Waals surface area contributed by atoms with Crippen molar-refractivity contribution in [3.63, 3.8) is 0 Å². The van der Waals surface area contributed by atoms with Gasteiger partial charge in [-0.2, -0.15) is 0 Å². The number of amides is 1. The van der Waals surface area contributed by atoms with Gasteiger partial charge in [-0.25, -0.2) is 0 Å². The van der Waals surface area contributed by atoms with E-state index in [4.69, 9.17) is 0 Å². The van der Waals surface area contributed by atoms with E-state index in [1.807, 2.05) is 66.4 Å². The molecule has 1 aliphatic heterocycles. The predicted molar refractivity (Wildman–Crippen MR) is 76.0 cm³/mol. The van der Waals surface area contributed by atoms with E-state index in [-0.39, 0.29) is 12.1 Å². The SMILES string of the molecule is CCN1C(=O)c2ccccc2N[C@H]1c1ccccc1. The van der Waals surface area contributed by atoms with Crippen molar-refractivity contribution in [2.24, 2.45) is 0 Å². The first-order valence-electron chi connectivity index (χ1n) is 6.52. The first-order valence-corrected chi connectivity index (χ1v) is 6.52. The molecule has 2 aromatic rings. The molecule has 2 aromatic carbocycles. The summed E-state index contributed by atoms with van der Waals surface area (Å²) in [5.74, 6) is 0.0886. The molecule has 0 fully saturated rings. The Morgan fingerprint density at radius 2 is 1.74 bits per heavy atom. The second-order valence-electron chi connectivity index (χ2n) is 4.59. The molecule has 0 aromatic heterocycles. The van der Waals surface area contributed by atoms with Crippen molar-refractivity contribution < 1.29 is 4.79 Å². The Hall–Kier alpha value is -2.29. The van der Waals surface area contributed by atoms with Gasteiger partial charge in [0.25, 0.3) is 5.91 Å². The normalized spacial score (nSPS) is 17.8. The molecule has 0 saturated heterocycles. The van der Waals surface area contributed by atoms with Crippen LogP contribution in [0.2, 0.25) is 0 Å². The predicted octanol–water partition coefficient (Wildman–Crippen LogP) is 3.27. The lowest BCUT2D eigenvalue weighted by Crippen LogP contribution is -2.42. The van der Waals surface area contributed by atoms with Crippen LogP contribution in [0.25, 0.3) is 0 Å².